The zero-order valence-corrected chi connectivity index (χ0v) is 13.4. The molecule has 0 radical (unpaired) electrons. The van der Waals surface area contributed by atoms with Gasteiger partial charge in [-0.05, 0) is 40.0 Å². The molecule has 22 heavy (non-hydrogen) atoms. The van der Waals surface area contributed by atoms with Gasteiger partial charge in [-0.3, -0.25) is 29.6 Å². The number of hydrogen-bond acceptors (Lipinski definition) is 4. The SMILES string of the molecule is C/C1=C/CCC/N=C(/C)N([C@H]2CCC(=O)NC2=O)C(=O)C1C. The van der Waals surface area contributed by atoms with Crippen molar-refractivity contribution in [1.82, 2.24) is 10.2 Å². The molecule has 0 spiro atoms. The maximum Gasteiger partial charge on any atom is 0.249 e. The van der Waals surface area contributed by atoms with Crippen LogP contribution < -0.4 is 5.32 Å². The van der Waals surface area contributed by atoms with Crippen molar-refractivity contribution in [2.24, 2.45) is 10.9 Å². The van der Waals surface area contributed by atoms with Gasteiger partial charge in [-0.25, -0.2) is 0 Å². The van der Waals surface area contributed by atoms with Gasteiger partial charge < -0.3 is 0 Å². The minimum absolute atomic E-state index is 0.133. The van der Waals surface area contributed by atoms with Gasteiger partial charge in [-0.2, -0.15) is 0 Å². The Morgan fingerprint density at radius 3 is 2.68 bits per heavy atom. The highest BCUT2D eigenvalue weighted by Gasteiger charge is 2.37. The predicted octanol–water partition coefficient (Wildman–Crippen LogP) is 1.41. The molecule has 0 aliphatic carbocycles. The normalized spacial score (nSPS) is 32.7. The van der Waals surface area contributed by atoms with Crippen molar-refractivity contribution >= 4 is 23.6 Å². The zero-order chi connectivity index (χ0) is 16.3. The van der Waals surface area contributed by atoms with Crippen molar-refractivity contribution < 1.29 is 14.4 Å². The maximum absolute atomic E-state index is 12.8. The van der Waals surface area contributed by atoms with E-state index in [2.05, 4.69) is 16.4 Å². The monoisotopic (exact) mass is 305 g/mol. The lowest BCUT2D eigenvalue weighted by molar-refractivity contribution is -0.143. The first-order valence-corrected chi connectivity index (χ1v) is 7.76. The van der Waals surface area contributed by atoms with Crippen LogP contribution in [0, 0.1) is 5.92 Å². The van der Waals surface area contributed by atoms with Gasteiger partial charge in [0.05, 0.1) is 5.92 Å². The fourth-order valence-corrected chi connectivity index (χ4v) is 2.79. The van der Waals surface area contributed by atoms with E-state index in [1.54, 1.807) is 6.92 Å². The molecule has 0 aromatic carbocycles. The number of nitrogens with zero attached hydrogens (tertiary/aromatic N) is 2. The number of aliphatic imine (C=N–C) groups is 1. The molecule has 2 atom stereocenters. The van der Waals surface area contributed by atoms with Gasteiger partial charge in [0.1, 0.15) is 11.9 Å². The number of amides is 3. The van der Waals surface area contributed by atoms with E-state index in [1.807, 2.05) is 13.8 Å². The number of piperidine rings is 1. The fraction of sp³-hybridized carbons (Fsp3) is 0.625. The molecule has 0 bridgehead atoms. The Hall–Kier alpha value is -1.98. The molecule has 0 aromatic heterocycles. The van der Waals surface area contributed by atoms with Crippen molar-refractivity contribution in [3.05, 3.63) is 11.6 Å². The molecule has 2 rings (SSSR count). The summed E-state index contributed by atoms with van der Waals surface area (Å²) in [6.07, 6.45) is 4.48. The quantitative estimate of drug-likeness (QED) is 0.588. The van der Waals surface area contributed by atoms with Crippen LogP contribution in [0.4, 0.5) is 0 Å². The van der Waals surface area contributed by atoms with E-state index in [1.165, 1.54) is 4.90 Å². The summed E-state index contributed by atoms with van der Waals surface area (Å²) in [5.41, 5.74) is 1.01. The molecule has 0 saturated carbocycles. The summed E-state index contributed by atoms with van der Waals surface area (Å²) in [6, 6.07) is -0.649. The molecule has 2 heterocycles. The molecular weight excluding hydrogens is 282 g/mol. The summed E-state index contributed by atoms with van der Waals surface area (Å²) in [5.74, 6) is -0.570. The van der Waals surface area contributed by atoms with Crippen molar-refractivity contribution in [3.8, 4) is 0 Å². The lowest BCUT2D eigenvalue weighted by Crippen LogP contribution is -2.57. The first kappa shape index (κ1) is 16.4. The number of amidine groups is 1. The Morgan fingerprint density at radius 2 is 2.00 bits per heavy atom. The van der Waals surface area contributed by atoms with Gasteiger partial charge >= 0.3 is 0 Å². The summed E-state index contributed by atoms with van der Waals surface area (Å²) in [5, 5.41) is 2.32. The van der Waals surface area contributed by atoms with Crippen LogP contribution in [0.3, 0.4) is 0 Å². The molecule has 3 amide bonds. The van der Waals surface area contributed by atoms with E-state index in [0.29, 0.717) is 18.8 Å². The van der Waals surface area contributed by atoms with Crippen LogP contribution in [0.15, 0.2) is 16.6 Å². The van der Waals surface area contributed by atoms with Crippen molar-refractivity contribution in [2.75, 3.05) is 6.54 Å². The third-order valence-corrected chi connectivity index (χ3v) is 4.33. The number of hydrogen-bond donors (Lipinski definition) is 1. The van der Waals surface area contributed by atoms with Crippen LogP contribution in [-0.2, 0) is 14.4 Å². The van der Waals surface area contributed by atoms with E-state index < -0.39 is 11.9 Å². The maximum atomic E-state index is 12.8. The van der Waals surface area contributed by atoms with Crippen molar-refractivity contribution in [2.45, 2.75) is 52.5 Å². The second-order valence-corrected chi connectivity index (χ2v) is 5.92. The lowest BCUT2D eigenvalue weighted by atomic mass is 9.96. The molecule has 2 aliphatic rings. The van der Waals surface area contributed by atoms with Crippen LogP contribution in [0.2, 0.25) is 0 Å². The summed E-state index contributed by atoms with van der Waals surface area (Å²) in [7, 11) is 0. The topological polar surface area (TPSA) is 78.8 Å². The van der Waals surface area contributed by atoms with Gasteiger partial charge in [0, 0.05) is 13.0 Å². The predicted molar refractivity (Wildman–Crippen MR) is 83.1 cm³/mol. The van der Waals surface area contributed by atoms with Gasteiger partial charge in [0.15, 0.2) is 0 Å². The Morgan fingerprint density at radius 1 is 1.27 bits per heavy atom. The van der Waals surface area contributed by atoms with Gasteiger partial charge in [0.2, 0.25) is 17.7 Å². The van der Waals surface area contributed by atoms with E-state index in [-0.39, 0.29) is 24.2 Å². The molecule has 1 N–H and O–H groups in total. The second kappa shape index (κ2) is 6.85. The van der Waals surface area contributed by atoms with E-state index in [9.17, 15) is 14.4 Å². The summed E-state index contributed by atoms with van der Waals surface area (Å²) < 4.78 is 0. The van der Waals surface area contributed by atoms with E-state index in [0.717, 1.165) is 18.4 Å². The Bertz CT molecular complexity index is 551. The van der Waals surface area contributed by atoms with Crippen LogP contribution in [0.25, 0.3) is 0 Å². The molecule has 1 fully saturated rings. The summed E-state index contributed by atoms with van der Waals surface area (Å²) in [4.78, 5) is 42.2. The molecule has 1 saturated heterocycles. The molecule has 1 unspecified atom stereocenters. The van der Waals surface area contributed by atoms with E-state index >= 15 is 0 Å². The number of nitrogens with one attached hydrogen (secondary N) is 1. The van der Waals surface area contributed by atoms with Crippen LogP contribution in [0.1, 0.15) is 46.5 Å². The van der Waals surface area contributed by atoms with Crippen molar-refractivity contribution in [3.63, 3.8) is 0 Å². The highest BCUT2D eigenvalue weighted by Crippen LogP contribution is 2.21. The average Bonchev–Trinajstić information content (AvgIpc) is 2.47. The largest absolute Gasteiger partial charge is 0.295 e. The first-order chi connectivity index (χ1) is 10.4. The third kappa shape index (κ3) is 3.43. The Kier molecular flexibility index (Phi) is 5.11. The number of allylic oxidation sites excluding steroid dienone is 1. The number of rotatable bonds is 1. The first-order valence-electron chi connectivity index (χ1n) is 7.76. The highest BCUT2D eigenvalue weighted by molar-refractivity contribution is 6.07. The minimum Gasteiger partial charge on any atom is -0.295 e. The van der Waals surface area contributed by atoms with Gasteiger partial charge in [-0.1, -0.05) is 11.6 Å². The molecule has 2 aliphatic heterocycles. The van der Waals surface area contributed by atoms with Crippen molar-refractivity contribution in [1.29, 1.82) is 0 Å². The molecule has 0 aromatic rings. The van der Waals surface area contributed by atoms with E-state index in [4.69, 9.17) is 0 Å². The highest BCUT2D eigenvalue weighted by atomic mass is 16.2. The van der Waals surface area contributed by atoms with Crippen LogP contribution in [-0.4, -0.2) is 41.0 Å². The number of carbonyl (C=O) groups excluding carboxylic acids is 3. The summed E-state index contributed by atoms with van der Waals surface area (Å²) in [6.45, 7) is 6.18. The Labute approximate surface area is 130 Å². The smallest absolute Gasteiger partial charge is 0.249 e. The standard InChI is InChI=1S/C16H23N3O3/c1-10-6-4-5-9-17-12(3)19(16(22)11(10)2)13-7-8-14(20)18-15(13)21/h6,11,13H,4-5,7-9H2,1-3H3,(H,18,20,21)/b10-6-,17-12-/t11?,13-/m0/s1. The van der Waals surface area contributed by atoms with Gasteiger partial charge in [-0.15, -0.1) is 0 Å². The van der Waals surface area contributed by atoms with Crippen LogP contribution in [0.5, 0.6) is 0 Å². The second-order valence-electron chi connectivity index (χ2n) is 5.92. The molecule has 120 valence electrons. The zero-order valence-electron chi connectivity index (χ0n) is 13.4. The molecule has 6 heteroatoms. The minimum atomic E-state index is -0.649. The van der Waals surface area contributed by atoms with Crippen LogP contribution >= 0.6 is 0 Å². The van der Waals surface area contributed by atoms with Gasteiger partial charge in [0.25, 0.3) is 0 Å². The number of imide groups is 1. The summed E-state index contributed by atoms with van der Waals surface area (Å²) >= 11 is 0. The average molecular weight is 305 g/mol. The molecule has 6 nitrogen and oxygen atoms in total. The molecular formula is C16H23N3O3. The Balaban J connectivity index is 2.34. The fourth-order valence-electron chi connectivity index (χ4n) is 2.79. The lowest BCUT2D eigenvalue weighted by Gasteiger charge is -2.34. The third-order valence-electron chi connectivity index (χ3n) is 4.33. The number of carbonyl (C=O) groups is 3.